The molecule has 1 saturated carbocycles. The third-order valence-electron chi connectivity index (χ3n) is 3.57. The molecule has 6 nitrogen and oxygen atoms in total. The van der Waals surface area contributed by atoms with Gasteiger partial charge in [0, 0.05) is 11.1 Å². The highest BCUT2D eigenvalue weighted by Gasteiger charge is 2.48. The van der Waals surface area contributed by atoms with Crippen molar-refractivity contribution in [1.29, 1.82) is 0 Å². The van der Waals surface area contributed by atoms with Gasteiger partial charge in [0.1, 0.15) is 10.5 Å². The molecule has 0 spiro atoms. The number of urea groups is 1. The number of aliphatic carboxylic acids is 1. The molecule has 3 N–H and O–H groups in total. The van der Waals surface area contributed by atoms with Crippen LogP contribution in [0.1, 0.15) is 43.4 Å². The maximum Gasteiger partial charge on any atom is 0.329 e. The van der Waals surface area contributed by atoms with Crippen molar-refractivity contribution in [3.63, 3.8) is 0 Å². The van der Waals surface area contributed by atoms with E-state index in [1.165, 1.54) is 11.3 Å². The first-order valence-corrected chi connectivity index (χ1v) is 7.45. The van der Waals surface area contributed by atoms with E-state index in [2.05, 4.69) is 15.6 Å². The smallest absolute Gasteiger partial charge is 0.329 e. The maximum atomic E-state index is 12.0. The van der Waals surface area contributed by atoms with E-state index in [0.29, 0.717) is 0 Å². The van der Waals surface area contributed by atoms with Crippen molar-refractivity contribution < 1.29 is 14.7 Å². The van der Waals surface area contributed by atoms with E-state index in [-0.39, 0.29) is 12.0 Å². The van der Waals surface area contributed by atoms with E-state index >= 15 is 0 Å². The van der Waals surface area contributed by atoms with Crippen LogP contribution in [-0.4, -0.2) is 27.6 Å². The first-order chi connectivity index (χ1) is 9.33. The second kappa shape index (κ2) is 5.40. The molecule has 110 valence electrons. The quantitative estimate of drug-likeness (QED) is 0.776. The molecular formula is C13H19N3O3S. The van der Waals surface area contributed by atoms with Crippen molar-refractivity contribution in [2.75, 3.05) is 0 Å². The van der Waals surface area contributed by atoms with E-state index in [9.17, 15) is 14.7 Å². The molecule has 0 aliphatic heterocycles. The summed E-state index contributed by atoms with van der Waals surface area (Å²) in [6.07, 6.45) is 1.68. The zero-order valence-electron chi connectivity index (χ0n) is 11.8. The number of carboxylic acid groups (broad SMARTS) is 1. The van der Waals surface area contributed by atoms with Gasteiger partial charge in [-0.25, -0.2) is 14.6 Å². The first kappa shape index (κ1) is 14.8. The lowest BCUT2D eigenvalue weighted by Crippen LogP contribution is -2.56. The number of aromatic nitrogens is 1. The van der Waals surface area contributed by atoms with Crippen molar-refractivity contribution in [2.24, 2.45) is 5.92 Å². The van der Waals surface area contributed by atoms with Gasteiger partial charge in [0.2, 0.25) is 0 Å². The number of amides is 2. The Morgan fingerprint density at radius 1 is 1.55 bits per heavy atom. The zero-order valence-corrected chi connectivity index (χ0v) is 12.6. The highest BCUT2D eigenvalue weighted by molar-refractivity contribution is 7.09. The third-order valence-corrected chi connectivity index (χ3v) is 4.71. The normalized spacial score (nSPS) is 18.9. The lowest BCUT2D eigenvalue weighted by atomic mass is 9.96. The molecule has 2 unspecified atom stereocenters. The van der Waals surface area contributed by atoms with Crippen LogP contribution in [0, 0.1) is 12.8 Å². The first-order valence-electron chi connectivity index (χ1n) is 6.57. The Hall–Kier alpha value is -1.63. The Kier molecular flexibility index (Phi) is 3.99. The van der Waals surface area contributed by atoms with Crippen LogP contribution in [0.2, 0.25) is 0 Å². The second-order valence-corrected chi connectivity index (χ2v) is 6.32. The lowest BCUT2D eigenvalue weighted by Gasteiger charge is -2.27. The molecule has 20 heavy (non-hydrogen) atoms. The number of hydrogen-bond donors (Lipinski definition) is 3. The average Bonchev–Trinajstić information content (AvgIpc) is 3.11. The Morgan fingerprint density at radius 3 is 2.65 bits per heavy atom. The van der Waals surface area contributed by atoms with Crippen LogP contribution in [0.5, 0.6) is 0 Å². The molecule has 1 aromatic heterocycles. The summed E-state index contributed by atoms with van der Waals surface area (Å²) in [5.41, 5.74) is -0.282. The molecule has 0 radical (unpaired) electrons. The van der Waals surface area contributed by atoms with Crippen molar-refractivity contribution in [2.45, 2.75) is 45.2 Å². The summed E-state index contributed by atoms with van der Waals surface area (Å²) >= 11 is 1.47. The number of rotatable bonds is 5. The maximum absolute atomic E-state index is 12.0. The van der Waals surface area contributed by atoms with Crippen LogP contribution in [-0.2, 0) is 4.79 Å². The number of carboxylic acids is 1. The molecule has 2 amide bonds. The number of nitrogens with zero attached hydrogens (tertiary/aromatic N) is 1. The summed E-state index contributed by atoms with van der Waals surface area (Å²) in [7, 11) is 0. The van der Waals surface area contributed by atoms with Crippen LogP contribution < -0.4 is 10.6 Å². The van der Waals surface area contributed by atoms with Crippen LogP contribution >= 0.6 is 11.3 Å². The summed E-state index contributed by atoms with van der Waals surface area (Å²) in [6, 6.07) is -0.715. The number of carbonyl (C=O) groups excluding carboxylic acids is 1. The molecule has 1 fully saturated rings. The molecule has 7 heteroatoms. The summed E-state index contributed by atoms with van der Waals surface area (Å²) in [6.45, 7) is 5.28. The van der Waals surface area contributed by atoms with Gasteiger partial charge in [-0.2, -0.15) is 0 Å². The summed E-state index contributed by atoms with van der Waals surface area (Å²) in [5, 5.41) is 17.3. The van der Waals surface area contributed by atoms with Gasteiger partial charge in [0.15, 0.2) is 0 Å². The molecule has 1 aliphatic carbocycles. The minimum absolute atomic E-state index is 0.0168. The number of nitrogens with one attached hydrogen (secondary N) is 2. The minimum Gasteiger partial charge on any atom is -0.480 e. The van der Waals surface area contributed by atoms with Crippen molar-refractivity contribution in [3.05, 3.63) is 16.1 Å². The fourth-order valence-corrected chi connectivity index (χ4v) is 2.90. The fraction of sp³-hybridized carbons (Fsp3) is 0.615. The molecule has 0 aromatic carbocycles. The molecule has 2 rings (SSSR count). The molecule has 0 bridgehead atoms. The Labute approximate surface area is 121 Å². The summed E-state index contributed by atoms with van der Waals surface area (Å²) in [5.74, 6) is -0.976. The Morgan fingerprint density at radius 2 is 2.20 bits per heavy atom. The summed E-state index contributed by atoms with van der Waals surface area (Å²) < 4.78 is 0. The number of carbonyl (C=O) groups is 2. The predicted octanol–water partition coefficient (Wildman–Crippen LogP) is 2.07. The topological polar surface area (TPSA) is 91.3 Å². The third kappa shape index (κ3) is 3.09. The van der Waals surface area contributed by atoms with Gasteiger partial charge < -0.3 is 15.7 Å². The van der Waals surface area contributed by atoms with Crippen molar-refractivity contribution in [1.82, 2.24) is 15.6 Å². The monoisotopic (exact) mass is 297 g/mol. The molecule has 1 aromatic rings. The van der Waals surface area contributed by atoms with Gasteiger partial charge in [-0.1, -0.05) is 0 Å². The average molecular weight is 297 g/mol. The largest absolute Gasteiger partial charge is 0.480 e. The SMILES string of the molecule is Cc1csc(C(C)NC(=O)NC(C)(C(=O)O)C2CC2)n1. The van der Waals surface area contributed by atoms with Crippen LogP contribution in [0.4, 0.5) is 4.79 Å². The van der Waals surface area contributed by atoms with Crippen LogP contribution in [0.15, 0.2) is 5.38 Å². The second-order valence-electron chi connectivity index (χ2n) is 5.43. The molecule has 1 aliphatic rings. The van der Waals surface area contributed by atoms with E-state index in [1.54, 1.807) is 6.92 Å². The van der Waals surface area contributed by atoms with E-state index in [0.717, 1.165) is 23.5 Å². The molecular weight excluding hydrogens is 278 g/mol. The number of hydrogen-bond acceptors (Lipinski definition) is 4. The van der Waals surface area contributed by atoms with E-state index < -0.39 is 17.5 Å². The minimum atomic E-state index is -1.19. The highest BCUT2D eigenvalue weighted by atomic mass is 32.1. The predicted molar refractivity (Wildman–Crippen MR) is 75.7 cm³/mol. The standard InChI is InChI=1S/C13H19N3O3S/c1-7-6-20-10(14-7)8(2)15-12(19)16-13(3,11(17)18)9-4-5-9/h6,8-9H,4-5H2,1-3H3,(H,17,18)(H2,15,16,19). The van der Waals surface area contributed by atoms with Crippen molar-refractivity contribution in [3.8, 4) is 0 Å². The van der Waals surface area contributed by atoms with Gasteiger partial charge in [-0.05, 0) is 39.5 Å². The van der Waals surface area contributed by atoms with E-state index in [4.69, 9.17) is 0 Å². The van der Waals surface area contributed by atoms with Crippen molar-refractivity contribution >= 4 is 23.3 Å². The molecule has 2 atom stereocenters. The molecule has 0 saturated heterocycles. The van der Waals surface area contributed by atoms with Gasteiger partial charge >= 0.3 is 12.0 Å². The Balaban J connectivity index is 1.96. The Bertz CT molecular complexity index is 527. The van der Waals surface area contributed by atoms with Gasteiger partial charge in [0.05, 0.1) is 6.04 Å². The zero-order chi connectivity index (χ0) is 14.9. The fourth-order valence-electron chi connectivity index (χ4n) is 2.09. The van der Waals surface area contributed by atoms with Crippen LogP contribution in [0.3, 0.4) is 0 Å². The van der Waals surface area contributed by atoms with E-state index in [1.807, 2.05) is 19.2 Å². The lowest BCUT2D eigenvalue weighted by molar-refractivity contribution is -0.144. The van der Waals surface area contributed by atoms with Gasteiger partial charge in [0.25, 0.3) is 0 Å². The highest BCUT2D eigenvalue weighted by Crippen LogP contribution is 2.39. The number of aryl methyl sites for hydroxylation is 1. The van der Waals surface area contributed by atoms with Crippen LogP contribution in [0.25, 0.3) is 0 Å². The summed E-state index contributed by atoms with van der Waals surface area (Å²) in [4.78, 5) is 27.6. The molecule has 1 heterocycles. The van der Waals surface area contributed by atoms with Gasteiger partial charge in [-0.3, -0.25) is 0 Å². The van der Waals surface area contributed by atoms with Gasteiger partial charge in [-0.15, -0.1) is 11.3 Å². The number of thiazole rings is 1.